The Balaban J connectivity index is 1.06. The SMILES string of the molecule is CC(=O)O[C@H]1CC2C(C3CC[C@H](C(C)CCCNCCCNc4ccnc5cc(Cl)ccc45)[C@]31C)[C@H](OC(C)=O)C[C@@H]1C[C@H](O)CC[C@]21C. The molecule has 4 unspecified atom stereocenters. The van der Waals surface area contributed by atoms with E-state index >= 15 is 0 Å². The number of carbonyl (C=O) groups excluding carboxylic acids is 2. The van der Waals surface area contributed by atoms with Gasteiger partial charge >= 0.3 is 11.9 Å². The Hall–Kier alpha value is -2.42. The molecule has 2 aromatic rings. The molecule has 0 bridgehead atoms. The van der Waals surface area contributed by atoms with E-state index in [2.05, 4.69) is 36.4 Å². The topological polar surface area (TPSA) is 110 Å². The summed E-state index contributed by atoms with van der Waals surface area (Å²) in [6.45, 7) is 13.1. The number of aliphatic hydroxyl groups is 1. The molecule has 1 aromatic carbocycles. The number of ether oxygens (including phenoxy) is 2. The predicted molar refractivity (Wildman–Crippen MR) is 194 cm³/mol. The number of rotatable bonds is 12. The van der Waals surface area contributed by atoms with Crippen molar-refractivity contribution in [2.24, 2.45) is 46.3 Å². The van der Waals surface area contributed by atoms with Crippen LogP contribution in [0.5, 0.6) is 0 Å². The summed E-state index contributed by atoms with van der Waals surface area (Å²) in [7, 11) is 0. The summed E-state index contributed by atoms with van der Waals surface area (Å²) >= 11 is 6.14. The number of pyridine rings is 1. The van der Waals surface area contributed by atoms with Crippen LogP contribution in [-0.4, -0.2) is 60.0 Å². The molecule has 9 heteroatoms. The van der Waals surface area contributed by atoms with Crippen LogP contribution in [0.3, 0.4) is 0 Å². The number of carbonyl (C=O) groups is 2. The monoisotopic (exact) mass is 695 g/mol. The van der Waals surface area contributed by atoms with Crippen LogP contribution in [0.1, 0.15) is 98.8 Å². The molecule has 49 heavy (non-hydrogen) atoms. The van der Waals surface area contributed by atoms with E-state index in [1.165, 1.54) is 6.92 Å². The average molecular weight is 696 g/mol. The van der Waals surface area contributed by atoms with Crippen LogP contribution in [0.2, 0.25) is 5.02 Å². The molecule has 4 aliphatic carbocycles. The molecule has 0 aliphatic heterocycles. The third kappa shape index (κ3) is 7.34. The van der Waals surface area contributed by atoms with Crippen molar-refractivity contribution in [1.29, 1.82) is 0 Å². The Morgan fingerprint density at radius 1 is 1.00 bits per heavy atom. The van der Waals surface area contributed by atoms with Crippen molar-refractivity contribution >= 4 is 40.1 Å². The molecule has 0 radical (unpaired) electrons. The summed E-state index contributed by atoms with van der Waals surface area (Å²) < 4.78 is 12.5. The number of nitrogens with zero attached hydrogens (tertiary/aromatic N) is 1. The first-order chi connectivity index (χ1) is 23.4. The van der Waals surface area contributed by atoms with Crippen molar-refractivity contribution < 1.29 is 24.2 Å². The van der Waals surface area contributed by atoms with Crippen molar-refractivity contribution in [2.75, 3.05) is 25.0 Å². The van der Waals surface area contributed by atoms with Gasteiger partial charge in [0, 0.05) is 54.0 Å². The minimum atomic E-state index is -0.290. The fraction of sp³-hybridized carbons (Fsp3) is 0.725. The summed E-state index contributed by atoms with van der Waals surface area (Å²) in [4.78, 5) is 29.5. The van der Waals surface area contributed by atoms with Crippen LogP contribution in [0, 0.1) is 46.3 Å². The average Bonchev–Trinajstić information content (AvgIpc) is 3.41. The fourth-order valence-corrected chi connectivity index (χ4v) is 11.5. The highest BCUT2D eigenvalue weighted by Crippen LogP contribution is 2.69. The molecule has 1 aromatic heterocycles. The van der Waals surface area contributed by atoms with Crippen molar-refractivity contribution in [1.82, 2.24) is 10.3 Å². The van der Waals surface area contributed by atoms with Crippen molar-refractivity contribution in [3.8, 4) is 0 Å². The lowest BCUT2D eigenvalue weighted by Crippen LogP contribution is -2.63. The first kappa shape index (κ1) is 36.4. The molecule has 6 rings (SSSR count). The van der Waals surface area contributed by atoms with Crippen LogP contribution >= 0.6 is 11.6 Å². The normalized spacial score (nSPS) is 35.9. The van der Waals surface area contributed by atoms with Crippen LogP contribution in [0.4, 0.5) is 5.69 Å². The van der Waals surface area contributed by atoms with E-state index in [1.807, 2.05) is 30.5 Å². The molecule has 3 N–H and O–H groups in total. The second kappa shape index (κ2) is 15.1. The molecular formula is C40H58ClN3O5. The lowest BCUT2D eigenvalue weighted by atomic mass is 9.43. The zero-order valence-corrected chi connectivity index (χ0v) is 30.9. The van der Waals surface area contributed by atoms with Crippen LogP contribution in [0.25, 0.3) is 10.9 Å². The fourth-order valence-electron chi connectivity index (χ4n) is 11.4. The van der Waals surface area contributed by atoms with E-state index < -0.39 is 0 Å². The minimum absolute atomic E-state index is 0.0472. The van der Waals surface area contributed by atoms with Gasteiger partial charge in [0.15, 0.2) is 0 Å². The highest BCUT2D eigenvalue weighted by molar-refractivity contribution is 6.31. The van der Waals surface area contributed by atoms with Crippen molar-refractivity contribution in [2.45, 2.75) is 117 Å². The van der Waals surface area contributed by atoms with Gasteiger partial charge in [-0.25, -0.2) is 0 Å². The third-order valence-electron chi connectivity index (χ3n) is 13.7. The highest BCUT2D eigenvalue weighted by Gasteiger charge is 2.67. The van der Waals surface area contributed by atoms with Gasteiger partial charge < -0.3 is 25.2 Å². The third-order valence-corrected chi connectivity index (χ3v) is 13.9. The number of hydrogen-bond donors (Lipinski definition) is 3. The Kier molecular flexibility index (Phi) is 11.2. The number of nitrogens with one attached hydrogen (secondary N) is 2. The van der Waals surface area contributed by atoms with Gasteiger partial charge in [0.1, 0.15) is 12.2 Å². The molecule has 11 atom stereocenters. The number of fused-ring (bicyclic) bond motifs is 6. The maximum absolute atomic E-state index is 12.6. The second-order valence-corrected chi connectivity index (χ2v) is 16.8. The lowest BCUT2D eigenvalue weighted by molar-refractivity contribution is -0.223. The highest BCUT2D eigenvalue weighted by atomic mass is 35.5. The maximum Gasteiger partial charge on any atom is 0.302 e. The number of anilines is 1. The number of aromatic nitrogens is 1. The van der Waals surface area contributed by atoms with Gasteiger partial charge in [0.05, 0.1) is 11.6 Å². The summed E-state index contributed by atoms with van der Waals surface area (Å²) in [6, 6.07) is 7.83. The molecule has 8 nitrogen and oxygen atoms in total. The molecule has 4 aliphatic rings. The minimum Gasteiger partial charge on any atom is -0.462 e. The second-order valence-electron chi connectivity index (χ2n) is 16.4. The Labute approximate surface area is 297 Å². The first-order valence-corrected chi connectivity index (χ1v) is 19.3. The van der Waals surface area contributed by atoms with Crippen LogP contribution in [0.15, 0.2) is 30.5 Å². The van der Waals surface area contributed by atoms with E-state index in [1.54, 1.807) is 6.92 Å². The van der Waals surface area contributed by atoms with Gasteiger partial charge in [-0.05, 0) is 137 Å². The summed E-state index contributed by atoms with van der Waals surface area (Å²) in [5.41, 5.74) is 1.86. The van der Waals surface area contributed by atoms with E-state index in [0.717, 1.165) is 100 Å². The van der Waals surface area contributed by atoms with Crippen LogP contribution in [-0.2, 0) is 19.1 Å². The van der Waals surface area contributed by atoms with Gasteiger partial charge in [-0.2, -0.15) is 0 Å². The number of esters is 2. The first-order valence-electron chi connectivity index (χ1n) is 18.9. The molecule has 0 amide bonds. The molecule has 4 fully saturated rings. The maximum atomic E-state index is 12.6. The standard InChI is InChI=1S/C40H58ClN3O5/c1-24(8-6-16-42-17-7-18-43-34-14-19-44-35-22-28(41)9-10-30(34)35)31-11-12-32-38-33(23-37(40(31,32)5)49-26(3)46)39(4)15-13-29(47)20-27(39)21-36(38)48-25(2)45/h9-10,14,19,22,24,27,29,31-33,36-38,42,47H,6-8,11-13,15-18,20-21,23H2,1-5H3,(H,43,44)/t24?,27-,29+,31+,32?,33?,36+,37-,38?,39-,40+/m0/s1. The number of benzene rings is 1. The summed E-state index contributed by atoms with van der Waals surface area (Å²) in [5, 5.41) is 19.6. The number of aliphatic hydroxyl groups excluding tert-OH is 1. The molecular weight excluding hydrogens is 638 g/mol. The zero-order valence-electron chi connectivity index (χ0n) is 30.2. The molecule has 0 saturated heterocycles. The van der Waals surface area contributed by atoms with Crippen molar-refractivity contribution in [3.63, 3.8) is 0 Å². The van der Waals surface area contributed by atoms with Crippen molar-refractivity contribution in [3.05, 3.63) is 35.5 Å². The molecule has 4 saturated carbocycles. The lowest BCUT2D eigenvalue weighted by Gasteiger charge is -2.64. The zero-order chi connectivity index (χ0) is 34.9. The Morgan fingerprint density at radius 2 is 1.78 bits per heavy atom. The molecule has 1 heterocycles. The predicted octanol–water partition coefficient (Wildman–Crippen LogP) is 7.80. The van der Waals surface area contributed by atoms with Gasteiger partial charge in [0.25, 0.3) is 0 Å². The molecule has 0 spiro atoms. The van der Waals surface area contributed by atoms with Gasteiger partial charge in [-0.15, -0.1) is 0 Å². The van der Waals surface area contributed by atoms with Crippen LogP contribution < -0.4 is 10.6 Å². The summed E-state index contributed by atoms with van der Waals surface area (Å²) in [5.74, 6) is 1.71. The quantitative estimate of drug-likeness (QED) is 0.153. The van der Waals surface area contributed by atoms with Gasteiger partial charge in [0.2, 0.25) is 0 Å². The van der Waals surface area contributed by atoms with E-state index in [4.69, 9.17) is 21.1 Å². The van der Waals surface area contributed by atoms with E-state index in [9.17, 15) is 14.7 Å². The number of halogens is 1. The smallest absolute Gasteiger partial charge is 0.302 e. The molecule has 270 valence electrons. The Morgan fingerprint density at radius 3 is 2.55 bits per heavy atom. The largest absolute Gasteiger partial charge is 0.462 e. The number of hydrogen-bond acceptors (Lipinski definition) is 8. The van der Waals surface area contributed by atoms with Gasteiger partial charge in [-0.3, -0.25) is 14.6 Å². The Bertz CT molecular complexity index is 1490. The summed E-state index contributed by atoms with van der Waals surface area (Å²) in [6.07, 6.45) is 10.9. The van der Waals surface area contributed by atoms with Gasteiger partial charge in [-0.1, -0.05) is 32.4 Å². The van der Waals surface area contributed by atoms with E-state index in [0.29, 0.717) is 34.6 Å². The van der Waals surface area contributed by atoms with E-state index in [-0.39, 0.29) is 47.0 Å².